The van der Waals surface area contributed by atoms with E-state index in [4.69, 9.17) is 35.6 Å². The molecule has 0 saturated heterocycles. The SMILES string of the molecule is COc1ccc(-c2noc(/C(Cl)=C/c3ccc(OCC#N)c(OC)c3)n2)cc1. The Morgan fingerprint density at radius 3 is 2.61 bits per heavy atom. The Balaban J connectivity index is 1.81. The van der Waals surface area contributed by atoms with E-state index in [1.165, 1.54) is 7.11 Å². The molecular formula is C20H16ClN3O4. The van der Waals surface area contributed by atoms with E-state index in [2.05, 4.69) is 10.1 Å². The first kappa shape index (κ1) is 19.3. The third-order valence-corrected chi connectivity index (χ3v) is 4.02. The van der Waals surface area contributed by atoms with Gasteiger partial charge < -0.3 is 18.7 Å². The van der Waals surface area contributed by atoms with Gasteiger partial charge in [-0.25, -0.2) is 0 Å². The molecule has 8 heteroatoms. The summed E-state index contributed by atoms with van der Waals surface area (Å²) in [5, 5.41) is 12.9. The second-order valence-corrected chi connectivity index (χ2v) is 5.91. The van der Waals surface area contributed by atoms with Crippen LogP contribution in [0, 0.1) is 11.3 Å². The standard InChI is InChI=1S/C20H16ClN3O4/c1-25-15-6-4-14(5-7-15)19-23-20(28-24-19)16(21)11-13-3-8-17(27-10-9-22)18(12-13)26-2/h3-8,11-12H,10H2,1-2H3/b16-11-. The zero-order valence-corrected chi connectivity index (χ0v) is 15.9. The van der Waals surface area contributed by atoms with Crippen LogP contribution in [-0.2, 0) is 0 Å². The van der Waals surface area contributed by atoms with Crippen molar-refractivity contribution in [2.75, 3.05) is 20.8 Å². The van der Waals surface area contributed by atoms with E-state index in [-0.39, 0.29) is 17.5 Å². The molecule has 3 rings (SSSR count). The summed E-state index contributed by atoms with van der Waals surface area (Å²) in [6.45, 7) is -0.0670. The van der Waals surface area contributed by atoms with Crippen molar-refractivity contribution in [3.63, 3.8) is 0 Å². The molecule has 7 nitrogen and oxygen atoms in total. The van der Waals surface area contributed by atoms with Crippen molar-refractivity contribution >= 4 is 22.7 Å². The summed E-state index contributed by atoms with van der Waals surface area (Å²) < 4.78 is 21.0. The molecule has 0 atom stereocenters. The molecule has 0 saturated carbocycles. The number of rotatable bonds is 7. The summed E-state index contributed by atoms with van der Waals surface area (Å²) >= 11 is 6.34. The second kappa shape index (κ2) is 8.93. The topological polar surface area (TPSA) is 90.4 Å². The van der Waals surface area contributed by atoms with Gasteiger partial charge in [-0.15, -0.1) is 0 Å². The van der Waals surface area contributed by atoms with Crippen LogP contribution in [0.5, 0.6) is 17.2 Å². The van der Waals surface area contributed by atoms with E-state index in [1.54, 1.807) is 31.4 Å². The first-order valence-corrected chi connectivity index (χ1v) is 8.56. The molecule has 0 spiro atoms. The van der Waals surface area contributed by atoms with Gasteiger partial charge in [0, 0.05) is 5.56 Å². The van der Waals surface area contributed by atoms with Crippen molar-refractivity contribution in [1.82, 2.24) is 10.1 Å². The Labute approximate surface area is 166 Å². The Hall–Kier alpha value is -3.50. The Kier molecular flexibility index (Phi) is 6.14. The van der Waals surface area contributed by atoms with Gasteiger partial charge in [-0.2, -0.15) is 10.2 Å². The van der Waals surface area contributed by atoms with Crippen LogP contribution in [-0.4, -0.2) is 31.0 Å². The summed E-state index contributed by atoms with van der Waals surface area (Å²) in [5.74, 6) is 2.30. The fourth-order valence-corrected chi connectivity index (χ4v) is 2.59. The largest absolute Gasteiger partial charge is 0.497 e. The second-order valence-electron chi connectivity index (χ2n) is 5.50. The lowest BCUT2D eigenvalue weighted by Gasteiger charge is -2.08. The van der Waals surface area contributed by atoms with E-state index < -0.39 is 0 Å². The van der Waals surface area contributed by atoms with Gasteiger partial charge in [-0.3, -0.25) is 0 Å². The van der Waals surface area contributed by atoms with E-state index in [0.717, 1.165) is 16.9 Å². The molecule has 0 aliphatic carbocycles. The normalized spacial score (nSPS) is 11.0. The highest BCUT2D eigenvalue weighted by molar-refractivity contribution is 6.50. The summed E-state index contributed by atoms with van der Waals surface area (Å²) in [5.41, 5.74) is 1.52. The predicted octanol–water partition coefficient (Wildman–Crippen LogP) is 4.39. The maximum Gasteiger partial charge on any atom is 0.269 e. The van der Waals surface area contributed by atoms with Crippen molar-refractivity contribution in [1.29, 1.82) is 5.26 Å². The first-order valence-electron chi connectivity index (χ1n) is 8.18. The summed E-state index contributed by atoms with van der Waals surface area (Å²) in [7, 11) is 3.12. The Morgan fingerprint density at radius 1 is 1.14 bits per heavy atom. The maximum atomic E-state index is 8.63. The number of ether oxygens (including phenoxy) is 3. The molecule has 3 aromatic rings. The van der Waals surface area contributed by atoms with Crippen LogP contribution in [0.2, 0.25) is 0 Å². The Morgan fingerprint density at radius 2 is 1.93 bits per heavy atom. The fraction of sp³-hybridized carbons (Fsp3) is 0.150. The van der Waals surface area contributed by atoms with E-state index in [9.17, 15) is 0 Å². The van der Waals surface area contributed by atoms with Gasteiger partial charge in [0.2, 0.25) is 5.82 Å². The fourth-order valence-electron chi connectivity index (χ4n) is 2.39. The molecule has 1 heterocycles. The van der Waals surface area contributed by atoms with Crippen molar-refractivity contribution in [2.45, 2.75) is 0 Å². The molecule has 0 radical (unpaired) electrons. The van der Waals surface area contributed by atoms with Crippen molar-refractivity contribution in [2.24, 2.45) is 0 Å². The molecule has 0 aliphatic heterocycles. The number of nitriles is 1. The summed E-state index contributed by atoms with van der Waals surface area (Å²) in [4.78, 5) is 4.32. The molecule has 0 unspecified atom stereocenters. The smallest absolute Gasteiger partial charge is 0.269 e. The third kappa shape index (κ3) is 4.42. The molecule has 0 aliphatic rings. The van der Waals surface area contributed by atoms with Crippen LogP contribution in [0.1, 0.15) is 11.5 Å². The average Bonchev–Trinajstić information content (AvgIpc) is 3.23. The quantitative estimate of drug-likeness (QED) is 0.583. The van der Waals surface area contributed by atoms with Gasteiger partial charge in [0.1, 0.15) is 16.9 Å². The zero-order chi connectivity index (χ0) is 19.9. The monoisotopic (exact) mass is 397 g/mol. The van der Waals surface area contributed by atoms with Crippen LogP contribution in [0.25, 0.3) is 22.5 Å². The summed E-state index contributed by atoms with van der Waals surface area (Å²) in [6, 6.07) is 14.4. The minimum atomic E-state index is -0.0670. The number of hydrogen-bond donors (Lipinski definition) is 0. The molecule has 0 fully saturated rings. The highest BCUT2D eigenvalue weighted by Crippen LogP contribution is 2.31. The molecule has 0 N–H and O–H groups in total. The number of hydrogen-bond acceptors (Lipinski definition) is 7. The lowest BCUT2D eigenvalue weighted by Crippen LogP contribution is -1.96. The molecule has 28 heavy (non-hydrogen) atoms. The lowest BCUT2D eigenvalue weighted by molar-refractivity contribution is 0.329. The molecular weight excluding hydrogens is 382 g/mol. The van der Waals surface area contributed by atoms with E-state index in [0.29, 0.717) is 17.3 Å². The van der Waals surface area contributed by atoms with Crippen LogP contribution in [0.4, 0.5) is 0 Å². The molecule has 142 valence electrons. The highest BCUT2D eigenvalue weighted by Gasteiger charge is 2.12. The van der Waals surface area contributed by atoms with Gasteiger partial charge in [0.25, 0.3) is 5.89 Å². The highest BCUT2D eigenvalue weighted by atomic mass is 35.5. The van der Waals surface area contributed by atoms with Crippen LogP contribution < -0.4 is 14.2 Å². The van der Waals surface area contributed by atoms with Gasteiger partial charge >= 0.3 is 0 Å². The average molecular weight is 398 g/mol. The van der Waals surface area contributed by atoms with Crippen molar-refractivity contribution in [3.8, 4) is 34.7 Å². The van der Waals surface area contributed by atoms with Crippen molar-refractivity contribution < 1.29 is 18.7 Å². The molecule has 2 aromatic carbocycles. The number of aromatic nitrogens is 2. The Bertz CT molecular complexity index is 1020. The number of benzene rings is 2. The minimum absolute atomic E-state index is 0.0670. The van der Waals surface area contributed by atoms with Gasteiger partial charge in [-0.05, 0) is 48.0 Å². The van der Waals surface area contributed by atoms with E-state index in [1.807, 2.05) is 30.3 Å². The minimum Gasteiger partial charge on any atom is -0.497 e. The predicted molar refractivity (Wildman–Crippen MR) is 104 cm³/mol. The van der Waals surface area contributed by atoms with Gasteiger partial charge in [0.15, 0.2) is 18.1 Å². The maximum absolute atomic E-state index is 8.63. The number of halogens is 1. The van der Waals surface area contributed by atoms with Crippen LogP contribution in [0.15, 0.2) is 47.0 Å². The van der Waals surface area contributed by atoms with Crippen LogP contribution in [0.3, 0.4) is 0 Å². The number of methoxy groups -OCH3 is 2. The third-order valence-electron chi connectivity index (χ3n) is 3.75. The van der Waals surface area contributed by atoms with Crippen LogP contribution >= 0.6 is 11.6 Å². The molecule has 1 aromatic heterocycles. The van der Waals surface area contributed by atoms with Gasteiger partial charge in [0.05, 0.1) is 14.2 Å². The number of nitrogens with zero attached hydrogens (tertiary/aromatic N) is 3. The van der Waals surface area contributed by atoms with Crippen molar-refractivity contribution in [3.05, 3.63) is 53.9 Å². The van der Waals surface area contributed by atoms with E-state index >= 15 is 0 Å². The summed E-state index contributed by atoms with van der Waals surface area (Å²) in [6.07, 6.45) is 1.67. The molecule has 0 amide bonds. The molecule has 0 bridgehead atoms. The zero-order valence-electron chi connectivity index (χ0n) is 15.2. The lowest BCUT2D eigenvalue weighted by atomic mass is 10.2. The van der Waals surface area contributed by atoms with Gasteiger partial charge in [-0.1, -0.05) is 22.8 Å². The first-order chi connectivity index (χ1) is 13.6.